The molecule has 1 aromatic carbocycles. The summed E-state index contributed by atoms with van der Waals surface area (Å²) in [4.78, 5) is 1.12. The molecule has 102 valence electrons. The van der Waals surface area contributed by atoms with Crippen LogP contribution >= 0.6 is 43.2 Å². The molecule has 0 saturated carbocycles. The van der Waals surface area contributed by atoms with E-state index in [-0.39, 0.29) is 11.9 Å². The Morgan fingerprint density at radius 2 is 2.05 bits per heavy atom. The molecule has 0 radical (unpaired) electrons. The molecule has 19 heavy (non-hydrogen) atoms. The summed E-state index contributed by atoms with van der Waals surface area (Å²) in [7, 11) is 3.41. The normalized spacial score (nSPS) is 12.5. The monoisotopic (exact) mass is 407 g/mol. The molecule has 1 aromatic heterocycles. The lowest BCUT2D eigenvalue weighted by molar-refractivity contribution is 0.401. The van der Waals surface area contributed by atoms with Gasteiger partial charge in [0.1, 0.15) is 11.6 Å². The smallest absolute Gasteiger partial charge is 0.141 e. The molecule has 0 aliphatic heterocycles. The number of halogens is 3. The molecule has 1 N–H and O–H groups in total. The highest BCUT2D eigenvalue weighted by Gasteiger charge is 2.21. The predicted molar refractivity (Wildman–Crippen MR) is 83.6 cm³/mol. The van der Waals surface area contributed by atoms with Crippen LogP contribution in [-0.2, 0) is 0 Å². The minimum atomic E-state index is -0.333. The van der Waals surface area contributed by atoms with Gasteiger partial charge in [-0.3, -0.25) is 0 Å². The van der Waals surface area contributed by atoms with Crippen molar-refractivity contribution in [2.45, 2.75) is 6.04 Å². The van der Waals surface area contributed by atoms with Crippen molar-refractivity contribution >= 4 is 43.2 Å². The van der Waals surface area contributed by atoms with Crippen molar-refractivity contribution in [3.05, 3.63) is 48.8 Å². The highest BCUT2D eigenvalue weighted by molar-refractivity contribution is 9.10. The van der Waals surface area contributed by atoms with Crippen molar-refractivity contribution in [1.82, 2.24) is 5.32 Å². The first-order valence-corrected chi connectivity index (χ1v) is 7.98. The minimum absolute atomic E-state index is 0.0544. The quantitative estimate of drug-likeness (QED) is 0.789. The molecule has 0 aliphatic rings. The van der Waals surface area contributed by atoms with Gasteiger partial charge in [0.25, 0.3) is 0 Å². The van der Waals surface area contributed by atoms with E-state index in [0.29, 0.717) is 10.2 Å². The zero-order valence-corrected chi connectivity index (χ0v) is 14.3. The molecular formula is C13H12Br2FNOS. The van der Waals surface area contributed by atoms with Gasteiger partial charge in [0.2, 0.25) is 0 Å². The summed E-state index contributed by atoms with van der Waals surface area (Å²) in [5.41, 5.74) is 0.890. The fraction of sp³-hybridized carbons (Fsp3) is 0.231. The van der Waals surface area contributed by atoms with Crippen LogP contribution in [0.1, 0.15) is 16.5 Å². The SMILES string of the molecule is CNC(c1cc(Br)c(F)cc1OC)c1sccc1Br. The number of nitrogens with one attached hydrogen (secondary N) is 1. The molecule has 0 amide bonds. The van der Waals surface area contributed by atoms with E-state index in [1.165, 1.54) is 6.07 Å². The fourth-order valence-corrected chi connectivity index (χ4v) is 3.98. The van der Waals surface area contributed by atoms with Crippen LogP contribution in [0.15, 0.2) is 32.5 Å². The fourth-order valence-electron chi connectivity index (χ4n) is 1.89. The van der Waals surface area contributed by atoms with E-state index < -0.39 is 0 Å². The number of hydrogen-bond acceptors (Lipinski definition) is 3. The van der Waals surface area contributed by atoms with E-state index in [2.05, 4.69) is 37.2 Å². The third-order valence-electron chi connectivity index (χ3n) is 2.78. The molecule has 0 bridgehead atoms. The van der Waals surface area contributed by atoms with Gasteiger partial charge in [-0.1, -0.05) is 0 Å². The zero-order valence-electron chi connectivity index (χ0n) is 10.3. The van der Waals surface area contributed by atoms with Crippen LogP contribution in [0.3, 0.4) is 0 Å². The molecule has 2 aromatic rings. The summed E-state index contributed by atoms with van der Waals surface area (Å²) in [5.74, 6) is 0.195. The van der Waals surface area contributed by atoms with Crippen LogP contribution in [0.4, 0.5) is 4.39 Å². The Kier molecular flexibility index (Phi) is 5.00. The van der Waals surface area contributed by atoms with Crippen LogP contribution in [-0.4, -0.2) is 14.2 Å². The van der Waals surface area contributed by atoms with E-state index in [4.69, 9.17) is 4.74 Å². The Balaban J connectivity index is 2.55. The standard InChI is InChI=1S/C13H12Br2FNOS/c1-17-12(13-8(14)3-4-19-13)7-5-9(15)10(16)6-11(7)18-2/h3-6,12,17H,1-2H3. The minimum Gasteiger partial charge on any atom is -0.496 e. The third-order valence-corrected chi connectivity index (χ3v) is 5.32. The van der Waals surface area contributed by atoms with Crippen molar-refractivity contribution in [2.24, 2.45) is 0 Å². The van der Waals surface area contributed by atoms with Crippen molar-refractivity contribution in [2.75, 3.05) is 14.2 Å². The summed E-state index contributed by atoms with van der Waals surface area (Å²) in [6, 6.07) is 5.09. The Morgan fingerprint density at radius 3 is 2.58 bits per heavy atom. The first-order chi connectivity index (χ1) is 9.08. The van der Waals surface area contributed by atoms with E-state index in [9.17, 15) is 4.39 Å². The van der Waals surface area contributed by atoms with Gasteiger partial charge in [0.05, 0.1) is 17.6 Å². The van der Waals surface area contributed by atoms with Gasteiger partial charge in [-0.25, -0.2) is 4.39 Å². The van der Waals surface area contributed by atoms with E-state index in [0.717, 1.165) is 14.9 Å². The van der Waals surface area contributed by atoms with E-state index in [1.807, 2.05) is 18.5 Å². The molecule has 2 nitrogen and oxygen atoms in total. The molecule has 1 atom stereocenters. The predicted octanol–water partition coefficient (Wildman–Crippen LogP) is 4.73. The maximum atomic E-state index is 13.6. The Morgan fingerprint density at radius 1 is 1.32 bits per heavy atom. The molecule has 1 heterocycles. The Bertz CT molecular complexity index is 588. The molecular weight excluding hydrogens is 397 g/mol. The second-order valence-corrected chi connectivity index (χ2v) is 6.52. The van der Waals surface area contributed by atoms with Crippen molar-refractivity contribution in [1.29, 1.82) is 0 Å². The largest absolute Gasteiger partial charge is 0.496 e. The van der Waals surface area contributed by atoms with Gasteiger partial charge in [0.15, 0.2) is 0 Å². The molecule has 0 spiro atoms. The van der Waals surface area contributed by atoms with Gasteiger partial charge >= 0.3 is 0 Å². The average Bonchev–Trinajstić information content (AvgIpc) is 2.81. The molecule has 1 unspecified atom stereocenters. The van der Waals surface area contributed by atoms with Gasteiger partial charge in [0, 0.05) is 21.0 Å². The van der Waals surface area contributed by atoms with Gasteiger partial charge in [-0.15, -0.1) is 11.3 Å². The van der Waals surface area contributed by atoms with Crippen LogP contribution in [0.2, 0.25) is 0 Å². The zero-order chi connectivity index (χ0) is 14.0. The lowest BCUT2D eigenvalue weighted by Crippen LogP contribution is -2.18. The number of benzene rings is 1. The molecule has 0 saturated heterocycles. The highest BCUT2D eigenvalue weighted by Crippen LogP contribution is 2.38. The molecule has 6 heteroatoms. The first-order valence-electron chi connectivity index (χ1n) is 5.51. The Labute approximate surface area is 132 Å². The number of thiophene rings is 1. The van der Waals surface area contributed by atoms with E-state index >= 15 is 0 Å². The van der Waals surface area contributed by atoms with Crippen LogP contribution in [0.5, 0.6) is 5.75 Å². The summed E-state index contributed by atoms with van der Waals surface area (Å²) < 4.78 is 20.3. The number of methoxy groups -OCH3 is 1. The van der Waals surface area contributed by atoms with Gasteiger partial charge in [-0.05, 0) is 56.4 Å². The van der Waals surface area contributed by atoms with Gasteiger partial charge in [-0.2, -0.15) is 0 Å². The second-order valence-electron chi connectivity index (χ2n) is 3.86. The Hall–Kier alpha value is -0.430. The molecule has 2 rings (SSSR count). The van der Waals surface area contributed by atoms with Crippen LogP contribution in [0, 0.1) is 5.82 Å². The summed E-state index contributed by atoms with van der Waals surface area (Å²) in [6.07, 6.45) is 0. The topological polar surface area (TPSA) is 21.3 Å². The number of ether oxygens (including phenoxy) is 1. The number of hydrogen-bond donors (Lipinski definition) is 1. The van der Waals surface area contributed by atoms with Crippen LogP contribution < -0.4 is 10.1 Å². The average molecular weight is 409 g/mol. The number of rotatable bonds is 4. The van der Waals surface area contributed by atoms with E-state index in [1.54, 1.807) is 24.5 Å². The summed E-state index contributed by atoms with van der Waals surface area (Å²) in [5, 5.41) is 5.25. The third kappa shape index (κ3) is 3.02. The first kappa shape index (κ1) is 15.0. The van der Waals surface area contributed by atoms with Crippen molar-refractivity contribution in [3.63, 3.8) is 0 Å². The molecule has 0 fully saturated rings. The van der Waals surface area contributed by atoms with Crippen molar-refractivity contribution < 1.29 is 9.13 Å². The highest BCUT2D eigenvalue weighted by atomic mass is 79.9. The second kappa shape index (κ2) is 6.35. The summed E-state index contributed by atoms with van der Waals surface area (Å²) in [6.45, 7) is 0. The lowest BCUT2D eigenvalue weighted by atomic mass is 10.0. The summed E-state index contributed by atoms with van der Waals surface area (Å²) >= 11 is 8.38. The maximum Gasteiger partial charge on any atom is 0.141 e. The van der Waals surface area contributed by atoms with Crippen LogP contribution in [0.25, 0.3) is 0 Å². The lowest BCUT2D eigenvalue weighted by Gasteiger charge is -2.19. The van der Waals surface area contributed by atoms with Crippen molar-refractivity contribution in [3.8, 4) is 5.75 Å². The molecule has 0 aliphatic carbocycles. The van der Waals surface area contributed by atoms with Gasteiger partial charge < -0.3 is 10.1 Å². The maximum absolute atomic E-state index is 13.6.